The Kier molecular flexibility index (Phi) is 5.58. The van der Waals surface area contributed by atoms with Crippen molar-refractivity contribution in [3.05, 3.63) is 42.0 Å². The van der Waals surface area contributed by atoms with Gasteiger partial charge in [0, 0.05) is 44.4 Å². The van der Waals surface area contributed by atoms with Crippen LogP contribution in [0.4, 0.5) is 0 Å². The molecule has 2 heterocycles. The first-order valence-electron chi connectivity index (χ1n) is 6.80. The summed E-state index contributed by atoms with van der Waals surface area (Å²) in [4.78, 5) is 13.1. The van der Waals surface area contributed by atoms with Crippen molar-refractivity contribution in [3.8, 4) is 11.4 Å². The molecule has 20 heavy (non-hydrogen) atoms. The van der Waals surface area contributed by atoms with E-state index in [0.29, 0.717) is 13.2 Å². The summed E-state index contributed by atoms with van der Waals surface area (Å²) >= 11 is 0. The van der Waals surface area contributed by atoms with Crippen LogP contribution in [0.1, 0.15) is 18.2 Å². The van der Waals surface area contributed by atoms with Crippen LogP contribution in [-0.2, 0) is 17.7 Å². The molecule has 5 heteroatoms. The van der Waals surface area contributed by atoms with Crippen LogP contribution in [0.15, 0.2) is 30.7 Å². The third-order valence-corrected chi connectivity index (χ3v) is 3.03. The van der Waals surface area contributed by atoms with Gasteiger partial charge in [0.25, 0.3) is 0 Å². The van der Waals surface area contributed by atoms with Gasteiger partial charge in [0.15, 0.2) is 5.82 Å². The summed E-state index contributed by atoms with van der Waals surface area (Å²) in [5.41, 5.74) is 3.20. The normalized spacial score (nSPS) is 10.7. The molecule has 0 saturated heterocycles. The van der Waals surface area contributed by atoms with Gasteiger partial charge in [0.05, 0.1) is 12.3 Å². The summed E-state index contributed by atoms with van der Waals surface area (Å²) < 4.78 is 5.00. The fraction of sp³-hybridized carbons (Fsp3) is 0.400. The summed E-state index contributed by atoms with van der Waals surface area (Å²) in [6.07, 6.45) is 6.38. The van der Waals surface area contributed by atoms with E-state index < -0.39 is 0 Å². The lowest BCUT2D eigenvalue weighted by Crippen LogP contribution is -2.19. The Labute approximate surface area is 119 Å². The molecule has 0 bridgehead atoms. The zero-order valence-electron chi connectivity index (χ0n) is 12.0. The summed E-state index contributed by atoms with van der Waals surface area (Å²) in [7, 11) is 1.69. The highest BCUT2D eigenvalue weighted by Crippen LogP contribution is 2.19. The number of rotatable bonds is 7. The molecule has 0 radical (unpaired) electrons. The van der Waals surface area contributed by atoms with E-state index in [-0.39, 0.29) is 0 Å². The highest BCUT2D eigenvalue weighted by molar-refractivity contribution is 5.59. The first-order valence-corrected chi connectivity index (χ1v) is 6.80. The Morgan fingerprint density at radius 3 is 2.95 bits per heavy atom. The number of nitrogens with one attached hydrogen (secondary N) is 1. The van der Waals surface area contributed by atoms with E-state index in [1.807, 2.05) is 18.3 Å². The maximum atomic E-state index is 5.00. The number of hydrogen-bond acceptors (Lipinski definition) is 5. The molecule has 0 aromatic carbocycles. The van der Waals surface area contributed by atoms with Crippen LogP contribution in [-0.4, -0.2) is 35.2 Å². The van der Waals surface area contributed by atoms with E-state index in [1.54, 1.807) is 19.5 Å². The fourth-order valence-electron chi connectivity index (χ4n) is 1.94. The Balaban J connectivity index is 2.13. The number of ether oxygens (including phenoxy) is 1. The van der Waals surface area contributed by atoms with Gasteiger partial charge in [-0.2, -0.15) is 0 Å². The Morgan fingerprint density at radius 1 is 1.25 bits per heavy atom. The molecule has 5 nitrogen and oxygen atoms in total. The topological polar surface area (TPSA) is 59.9 Å². The molecule has 0 unspecified atom stereocenters. The average molecular weight is 272 g/mol. The fourth-order valence-corrected chi connectivity index (χ4v) is 1.94. The van der Waals surface area contributed by atoms with Crippen molar-refractivity contribution >= 4 is 0 Å². The minimum absolute atomic E-state index is 0.697. The number of aryl methyl sites for hydroxylation is 1. The predicted octanol–water partition coefficient (Wildman–Crippen LogP) is 1.84. The number of hydrogen-bond donors (Lipinski definition) is 1. The third kappa shape index (κ3) is 3.82. The molecule has 0 fully saturated rings. The molecule has 0 saturated carbocycles. The number of nitrogens with zero attached hydrogens (tertiary/aromatic N) is 3. The molecule has 106 valence electrons. The molecule has 0 amide bonds. The largest absolute Gasteiger partial charge is 0.383 e. The van der Waals surface area contributed by atoms with Crippen molar-refractivity contribution in [1.29, 1.82) is 0 Å². The van der Waals surface area contributed by atoms with Crippen LogP contribution in [0.5, 0.6) is 0 Å². The van der Waals surface area contributed by atoms with Crippen LogP contribution >= 0.6 is 0 Å². The third-order valence-electron chi connectivity index (χ3n) is 3.03. The summed E-state index contributed by atoms with van der Waals surface area (Å²) in [5.74, 6) is 0.760. The second-order valence-corrected chi connectivity index (χ2v) is 4.43. The lowest BCUT2D eigenvalue weighted by atomic mass is 10.1. The van der Waals surface area contributed by atoms with Crippen LogP contribution in [0, 0.1) is 0 Å². The van der Waals surface area contributed by atoms with Gasteiger partial charge in [0.2, 0.25) is 0 Å². The zero-order valence-corrected chi connectivity index (χ0v) is 12.0. The number of pyridine rings is 1. The molecular weight excluding hydrogens is 252 g/mol. The summed E-state index contributed by atoms with van der Waals surface area (Å²) in [6.45, 7) is 4.33. The molecule has 2 aromatic heterocycles. The van der Waals surface area contributed by atoms with Gasteiger partial charge in [-0.3, -0.25) is 4.98 Å². The van der Waals surface area contributed by atoms with Crippen molar-refractivity contribution in [3.63, 3.8) is 0 Å². The first kappa shape index (κ1) is 14.6. The average Bonchev–Trinajstić information content (AvgIpc) is 2.52. The Hall–Kier alpha value is -1.85. The van der Waals surface area contributed by atoms with Crippen molar-refractivity contribution in [2.45, 2.75) is 19.9 Å². The second kappa shape index (κ2) is 7.67. The SMILES string of the molecule is CCc1cnccc1-c1nccc(CNCCOC)n1. The monoisotopic (exact) mass is 272 g/mol. The van der Waals surface area contributed by atoms with Gasteiger partial charge in [-0.05, 0) is 24.1 Å². The van der Waals surface area contributed by atoms with Gasteiger partial charge in [-0.15, -0.1) is 0 Å². The number of aromatic nitrogens is 3. The summed E-state index contributed by atoms with van der Waals surface area (Å²) in [6, 6.07) is 3.90. The quantitative estimate of drug-likeness (QED) is 0.779. The van der Waals surface area contributed by atoms with Crippen molar-refractivity contribution in [1.82, 2.24) is 20.3 Å². The van der Waals surface area contributed by atoms with E-state index in [1.165, 1.54) is 0 Å². The summed E-state index contributed by atoms with van der Waals surface area (Å²) in [5, 5.41) is 3.28. The van der Waals surface area contributed by atoms with Crippen LogP contribution in [0.25, 0.3) is 11.4 Å². The molecule has 0 atom stereocenters. The number of methoxy groups -OCH3 is 1. The molecule has 2 aromatic rings. The van der Waals surface area contributed by atoms with Crippen LogP contribution < -0.4 is 5.32 Å². The van der Waals surface area contributed by atoms with E-state index in [9.17, 15) is 0 Å². The lowest BCUT2D eigenvalue weighted by Gasteiger charge is -2.08. The van der Waals surface area contributed by atoms with Gasteiger partial charge in [-0.25, -0.2) is 9.97 Å². The Morgan fingerprint density at radius 2 is 2.15 bits per heavy atom. The smallest absolute Gasteiger partial charge is 0.159 e. The van der Waals surface area contributed by atoms with Crippen molar-refractivity contribution < 1.29 is 4.74 Å². The molecule has 0 spiro atoms. The standard InChI is InChI=1S/C15H20N4O/c1-3-12-10-16-6-5-14(12)15-18-7-4-13(19-15)11-17-8-9-20-2/h4-7,10,17H,3,8-9,11H2,1-2H3. The Bertz CT molecular complexity index is 545. The van der Waals surface area contributed by atoms with Crippen molar-refractivity contribution in [2.75, 3.05) is 20.3 Å². The first-order chi connectivity index (χ1) is 9.85. The van der Waals surface area contributed by atoms with Crippen LogP contribution in [0.2, 0.25) is 0 Å². The van der Waals surface area contributed by atoms with Gasteiger partial charge >= 0.3 is 0 Å². The van der Waals surface area contributed by atoms with Crippen LogP contribution in [0.3, 0.4) is 0 Å². The molecule has 1 N–H and O–H groups in total. The minimum atomic E-state index is 0.697. The van der Waals surface area contributed by atoms with Crippen molar-refractivity contribution in [2.24, 2.45) is 0 Å². The van der Waals surface area contributed by atoms with E-state index >= 15 is 0 Å². The molecule has 0 aliphatic heterocycles. The molecule has 0 aliphatic rings. The van der Waals surface area contributed by atoms with Gasteiger partial charge < -0.3 is 10.1 Å². The molecular formula is C15H20N4O. The minimum Gasteiger partial charge on any atom is -0.383 e. The predicted molar refractivity (Wildman–Crippen MR) is 78.2 cm³/mol. The second-order valence-electron chi connectivity index (χ2n) is 4.43. The highest BCUT2D eigenvalue weighted by atomic mass is 16.5. The lowest BCUT2D eigenvalue weighted by molar-refractivity contribution is 0.199. The van der Waals surface area contributed by atoms with E-state index in [0.717, 1.165) is 35.6 Å². The maximum Gasteiger partial charge on any atom is 0.159 e. The van der Waals surface area contributed by atoms with Gasteiger partial charge in [-0.1, -0.05) is 6.92 Å². The van der Waals surface area contributed by atoms with Gasteiger partial charge in [0.1, 0.15) is 0 Å². The highest BCUT2D eigenvalue weighted by Gasteiger charge is 2.07. The van der Waals surface area contributed by atoms with E-state index in [4.69, 9.17) is 4.74 Å². The molecule has 2 rings (SSSR count). The zero-order chi connectivity index (χ0) is 14.2. The van der Waals surface area contributed by atoms with E-state index in [2.05, 4.69) is 27.2 Å². The molecule has 0 aliphatic carbocycles. The maximum absolute atomic E-state index is 5.00.